The van der Waals surface area contributed by atoms with Crippen molar-refractivity contribution in [2.45, 2.75) is 55.9 Å². The molecule has 0 saturated heterocycles. The van der Waals surface area contributed by atoms with Crippen LogP contribution in [0.3, 0.4) is 0 Å². The summed E-state index contributed by atoms with van der Waals surface area (Å²) in [5.41, 5.74) is -1.83. The van der Waals surface area contributed by atoms with Crippen LogP contribution in [0.4, 0.5) is 13.2 Å². The van der Waals surface area contributed by atoms with Crippen molar-refractivity contribution < 1.29 is 23.1 Å². The molecule has 8 heteroatoms. The molecule has 0 spiro atoms. The summed E-state index contributed by atoms with van der Waals surface area (Å²) in [6.45, 7) is 0. The molecule has 2 fully saturated rings. The lowest BCUT2D eigenvalue weighted by atomic mass is 9.97. The highest BCUT2D eigenvalue weighted by molar-refractivity contribution is 5.79. The van der Waals surface area contributed by atoms with E-state index < -0.39 is 23.2 Å². The molecule has 0 radical (unpaired) electrons. The van der Waals surface area contributed by atoms with Crippen molar-refractivity contribution in [2.75, 3.05) is 0 Å². The van der Waals surface area contributed by atoms with Gasteiger partial charge in [-0.1, -0.05) is 0 Å². The first-order valence-corrected chi connectivity index (χ1v) is 6.93. The minimum absolute atomic E-state index is 0.225. The largest absolute Gasteiger partial charge is 0.480 e. The zero-order chi connectivity index (χ0) is 15.3. The molecule has 5 nitrogen and oxygen atoms in total. The van der Waals surface area contributed by atoms with Crippen molar-refractivity contribution in [1.29, 1.82) is 0 Å². The average molecular weight is 303 g/mol. The summed E-state index contributed by atoms with van der Waals surface area (Å²) in [7, 11) is 0. The Morgan fingerprint density at radius 2 is 2.14 bits per heavy atom. The number of halogens is 3. The SMILES string of the molecule is O=C(O)C1(NC2CC2)CCC(n2cc(C(F)(F)F)cn2)C1. The lowest BCUT2D eigenvalue weighted by Gasteiger charge is -2.26. The van der Waals surface area contributed by atoms with Crippen LogP contribution < -0.4 is 5.32 Å². The predicted octanol–water partition coefficient (Wildman–Crippen LogP) is 2.20. The molecule has 0 aromatic carbocycles. The smallest absolute Gasteiger partial charge is 0.419 e. The Kier molecular flexibility index (Phi) is 3.23. The fraction of sp³-hybridized carbons (Fsp3) is 0.692. The first kappa shape index (κ1) is 14.4. The van der Waals surface area contributed by atoms with Gasteiger partial charge in [-0.25, -0.2) is 0 Å². The maximum atomic E-state index is 12.6. The molecular formula is C13H16F3N3O2. The van der Waals surface area contributed by atoms with Crippen LogP contribution in [0.5, 0.6) is 0 Å². The van der Waals surface area contributed by atoms with Crippen LogP contribution in [0.2, 0.25) is 0 Å². The van der Waals surface area contributed by atoms with Gasteiger partial charge < -0.3 is 5.11 Å². The first-order chi connectivity index (χ1) is 9.80. The second kappa shape index (κ2) is 4.72. The van der Waals surface area contributed by atoms with E-state index >= 15 is 0 Å². The molecule has 0 aliphatic heterocycles. The zero-order valence-corrected chi connectivity index (χ0v) is 11.2. The summed E-state index contributed by atoms with van der Waals surface area (Å²) in [5, 5.41) is 16.4. The number of aliphatic carboxylic acids is 1. The molecule has 2 atom stereocenters. The molecule has 1 aromatic rings. The van der Waals surface area contributed by atoms with Crippen molar-refractivity contribution in [2.24, 2.45) is 0 Å². The Hall–Kier alpha value is -1.57. The van der Waals surface area contributed by atoms with Gasteiger partial charge in [-0.15, -0.1) is 0 Å². The minimum Gasteiger partial charge on any atom is -0.480 e. The van der Waals surface area contributed by atoms with E-state index in [2.05, 4.69) is 10.4 Å². The van der Waals surface area contributed by atoms with Gasteiger partial charge in [0.2, 0.25) is 0 Å². The van der Waals surface area contributed by atoms with Gasteiger partial charge in [-0.2, -0.15) is 18.3 Å². The Balaban J connectivity index is 1.76. The molecule has 2 aliphatic carbocycles. The Morgan fingerprint density at radius 1 is 1.43 bits per heavy atom. The van der Waals surface area contributed by atoms with E-state index in [-0.39, 0.29) is 18.5 Å². The van der Waals surface area contributed by atoms with Crippen LogP contribution in [-0.4, -0.2) is 32.4 Å². The molecule has 21 heavy (non-hydrogen) atoms. The van der Waals surface area contributed by atoms with Crippen LogP contribution in [-0.2, 0) is 11.0 Å². The number of rotatable bonds is 4. The Morgan fingerprint density at radius 3 is 2.67 bits per heavy atom. The molecule has 116 valence electrons. The second-order valence-corrected chi connectivity index (χ2v) is 5.91. The van der Waals surface area contributed by atoms with Crippen LogP contribution in [0.25, 0.3) is 0 Å². The zero-order valence-electron chi connectivity index (χ0n) is 11.2. The molecule has 0 bridgehead atoms. The van der Waals surface area contributed by atoms with E-state index in [4.69, 9.17) is 0 Å². The van der Waals surface area contributed by atoms with Crippen LogP contribution in [0.1, 0.15) is 43.7 Å². The van der Waals surface area contributed by atoms with Gasteiger partial charge in [0.05, 0.1) is 17.8 Å². The summed E-state index contributed by atoms with van der Waals surface area (Å²) in [4.78, 5) is 11.6. The quantitative estimate of drug-likeness (QED) is 0.895. The third kappa shape index (κ3) is 2.76. The molecule has 1 aromatic heterocycles. The maximum Gasteiger partial charge on any atom is 0.419 e. The van der Waals surface area contributed by atoms with Gasteiger partial charge in [0, 0.05) is 12.2 Å². The van der Waals surface area contributed by atoms with E-state index in [1.54, 1.807) is 0 Å². The van der Waals surface area contributed by atoms with Crippen molar-refractivity contribution in [3.05, 3.63) is 18.0 Å². The van der Waals surface area contributed by atoms with Gasteiger partial charge in [-0.3, -0.25) is 14.8 Å². The lowest BCUT2D eigenvalue weighted by Crippen LogP contribution is -2.51. The van der Waals surface area contributed by atoms with E-state index in [0.717, 1.165) is 25.2 Å². The Bertz CT molecular complexity index is 553. The molecule has 2 saturated carbocycles. The molecule has 0 amide bonds. The molecular weight excluding hydrogens is 287 g/mol. The third-order valence-electron chi connectivity index (χ3n) is 4.26. The number of hydrogen-bond donors (Lipinski definition) is 2. The van der Waals surface area contributed by atoms with Crippen molar-refractivity contribution >= 4 is 5.97 Å². The number of nitrogens with zero attached hydrogens (tertiary/aromatic N) is 2. The fourth-order valence-corrected chi connectivity index (χ4v) is 2.93. The molecule has 2 unspecified atom stereocenters. The van der Waals surface area contributed by atoms with Gasteiger partial charge in [-0.05, 0) is 32.1 Å². The highest BCUT2D eigenvalue weighted by Gasteiger charge is 2.49. The van der Waals surface area contributed by atoms with E-state index in [1.165, 1.54) is 4.68 Å². The third-order valence-corrected chi connectivity index (χ3v) is 4.26. The van der Waals surface area contributed by atoms with E-state index in [0.29, 0.717) is 12.8 Å². The standard InChI is InChI=1S/C13H16F3N3O2/c14-13(15,16)8-6-17-19(7-8)10-3-4-12(5-10,11(20)21)18-9-1-2-9/h6-7,9-10,18H,1-5H2,(H,20,21). The molecule has 2 aliphatic rings. The first-order valence-electron chi connectivity index (χ1n) is 6.93. The van der Waals surface area contributed by atoms with Gasteiger partial charge in [0.1, 0.15) is 5.54 Å². The Labute approximate surface area is 119 Å². The van der Waals surface area contributed by atoms with Crippen molar-refractivity contribution in [3.63, 3.8) is 0 Å². The normalized spacial score (nSPS) is 29.8. The highest BCUT2D eigenvalue weighted by atomic mass is 19.4. The van der Waals surface area contributed by atoms with Gasteiger partial charge in [0.25, 0.3) is 0 Å². The second-order valence-electron chi connectivity index (χ2n) is 5.91. The topological polar surface area (TPSA) is 67.2 Å². The van der Waals surface area contributed by atoms with E-state index in [1.807, 2.05) is 0 Å². The molecule has 2 N–H and O–H groups in total. The summed E-state index contributed by atoms with van der Waals surface area (Å²) >= 11 is 0. The van der Waals surface area contributed by atoms with Crippen LogP contribution in [0.15, 0.2) is 12.4 Å². The number of aromatic nitrogens is 2. The fourth-order valence-electron chi connectivity index (χ4n) is 2.93. The average Bonchev–Trinajstić information content (AvgIpc) is 2.91. The number of carbonyl (C=O) groups is 1. The van der Waals surface area contributed by atoms with Crippen molar-refractivity contribution in [3.8, 4) is 0 Å². The van der Waals surface area contributed by atoms with E-state index in [9.17, 15) is 23.1 Å². The molecule has 1 heterocycles. The summed E-state index contributed by atoms with van der Waals surface area (Å²) < 4.78 is 39.0. The lowest BCUT2D eigenvalue weighted by molar-refractivity contribution is -0.145. The summed E-state index contributed by atoms with van der Waals surface area (Å²) in [6.07, 6.45) is 0.411. The predicted molar refractivity (Wildman–Crippen MR) is 66.6 cm³/mol. The monoisotopic (exact) mass is 303 g/mol. The minimum atomic E-state index is -4.42. The maximum absolute atomic E-state index is 12.6. The van der Waals surface area contributed by atoms with Crippen LogP contribution >= 0.6 is 0 Å². The highest BCUT2D eigenvalue weighted by Crippen LogP contribution is 2.40. The number of alkyl halides is 3. The number of nitrogens with one attached hydrogen (secondary N) is 1. The number of hydrogen-bond acceptors (Lipinski definition) is 3. The van der Waals surface area contributed by atoms with Crippen molar-refractivity contribution in [1.82, 2.24) is 15.1 Å². The van der Waals surface area contributed by atoms with Gasteiger partial charge in [0.15, 0.2) is 0 Å². The summed E-state index contributed by atoms with van der Waals surface area (Å²) in [6, 6.07) is -0.0911. The number of carboxylic acid groups (broad SMARTS) is 1. The summed E-state index contributed by atoms with van der Waals surface area (Å²) in [5.74, 6) is -0.930. The van der Waals surface area contributed by atoms with Crippen LogP contribution in [0, 0.1) is 0 Å². The molecule has 3 rings (SSSR count). The van der Waals surface area contributed by atoms with Gasteiger partial charge >= 0.3 is 12.1 Å². The number of carboxylic acids is 1.